The molecule has 9 nitrogen and oxygen atoms in total. The van der Waals surface area contributed by atoms with Gasteiger partial charge in [0.05, 0.1) is 40.8 Å². The van der Waals surface area contributed by atoms with E-state index < -0.39 is 65.4 Å². The summed E-state index contributed by atoms with van der Waals surface area (Å²) in [6.45, 7) is -0.818. The zero-order valence-electron chi connectivity index (χ0n) is 21.0. The highest BCUT2D eigenvalue weighted by Gasteiger charge is 2.42. The number of nitrogens with zero attached hydrogens (tertiary/aromatic N) is 4. The van der Waals surface area contributed by atoms with Gasteiger partial charge in [0.2, 0.25) is 11.8 Å². The van der Waals surface area contributed by atoms with Gasteiger partial charge >= 0.3 is 6.18 Å². The van der Waals surface area contributed by atoms with E-state index in [9.17, 15) is 31.9 Å². The highest BCUT2D eigenvalue weighted by atomic mass is 35.5. The Morgan fingerprint density at radius 1 is 1.10 bits per heavy atom. The number of carbonyl (C=O) groups is 3. The van der Waals surface area contributed by atoms with Crippen molar-refractivity contribution in [1.82, 2.24) is 19.7 Å². The molecule has 2 atom stereocenters. The summed E-state index contributed by atoms with van der Waals surface area (Å²) in [5, 5.41) is 9.57. The minimum Gasteiger partial charge on any atom is -0.366 e. The molecular formula is C27H21ClF4N6O3. The molecule has 2 aromatic heterocycles. The lowest BCUT2D eigenvalue weighted by Crippen LogP contribution is -2.44. The van der Waals surface area contributed by atoms with Crippen LogP contribution in [0.4, 0.5) is 23.2 Å². The molecule has 0 aliphatic carbocycles. The molecule has 1 aliphatic rings. The molecule has 212 valence electrons. The second kappa shape index (κ2) is 10.8. The Bertz CT molecular complexity index is 1660. The van der Waals surface area contributed by atoms with Crippen LogP contribution >= 0.6 is 11.6 Å². The van der Waals surface area contributed by atoms with Crippen LogP contribution in [-0.2, 0) is 22.3 Å². The van der Waals surface area contributed by atoms with Crippen molar-refractivity contribution in [2.45, 2.75) is 31.4 Å². The average Bonchev–Trinajstić information content (AvgIpc) is 3.49. The maximum Gasteiger partial charge on any atom is 0.419 e. The van der Waals surface area contributed by atoms with Crippen LogP contribution in [-0.4, -0.2) is 56.1 Å². The zero-order valence-corrected chi connectivity index (χ0v) is 21.8. The van der Waals surface area contributed by atoms with E-state index in [-0.39, 0.29) is 12.1 Å². The number of primary amides is 1. The smallest absolute Gasteiger partial charge is 0.366 e. The standard InChI is InChI=1S/C27H21ClF4N6O3/c28-19-2-1-3-20(24(19)27(30,31)32)36-26(41)22-9-16(29)11-38(22)23(39)13-37-12-18(25(33)40)17-8-14(4-5-21(17)37)15-6-7-34-35-10-15/h1-8,10,12,16,22H,9,11,13H2,(H2,33,40)(H,36,41)/t16-,22+/m1/s1. The fourth-order valence-corrected chi connectivity index (χ4v) is 5.22. The summed E-state index contributed by atoms with van der Waals surface area (Å²) in [6, 6.07) is 8.77. The number of benzene rings is 2. The number of amides is 3. The molecule has 0 unspecified atom stereocenters. The monoisotopic (exact) mass is 588 g/mol. The summed E-state index contributed by atoms with van der Waals surface area (Å²) in [7, 11) is 0. The number of alkyl halides is 4. The fourth-order valence-electron chi connectivity index (χ4n) is 4.94. The first-order chi connectivity index (χ1) is 19.4. The van der Waals surface area contributed by atoms with Crippen molar-refractivity contribution < 1.29 is 31.9 Å². The van der Waals surface area contributed by atoms with Gasteiger partial charge < -0.3 is 20.5 Å². The third kappa shape index (κ3) is 5.57. The lowest BCUT2D eigenvalue weighted by molar-refractivity contribution is -0.138. The normalized spacial score (nSPS) is 17.1. The summed E-state index contributed by atoms with van der Waals surface area (Å²) in [5.74, 6) is -2.41. The Hall–Kier alpha value is -4.52. The number of nitrogens with one attached hydrogen (secondary N) is 1. The largest absolute Gasteiger partial charge is 0.419 e. The number of fused-ring (bicyclic) bond motifs is 1. The number of hydrogen-bond acceptors (Lipinski definition) is 5. The van der Waals surface area contributed by atoms with Crippen molar-refractivity contribution in [3.63, 3.8) is 0 Å². The lowest BCUT2D eigenvalue weighted by Gasteiger charge is -2.25. The molecule has 0 spiro atoms. The van der Waals surface area contributed by atoms with E-state index in [0.717, 1.165) is 28.2 Å². The molecule has 14 heteroatoms. The summed E-state index contributed by atoms with van der Waals surface area (Å²) < 4.78 is 56.6. The quantitative estimate of drug-likeness (QED) is 0.322. The van der Waals surface area contributed by atoms with Crippen LogP contribution in [0.3, 0.4) is 0 Å². The maximum atomic E-state index is 14.5. The molecule has 0 saturated carbocycles. The minimum atomic E-state index is -4.86. The molecule has 3 heterocycles. The second-order valence-electron chi connectivity index (χ2n) is 9.44. The van der Waals surface area contributed by atoms with E-state index in [2.05, 4.69) is 15.5 Å². The van der Waals surface area contributed by atoms with Gasteiger partial charge in [-0.25, -0.2) is 4.39 Å². The van der Waals surface area contributed by atoms with Gasteiger partial charge in [-0.1, -0.05) is 23.7 Å². The van der Waals surface area contributed by atoms with Gasteiger partial charge in [0.1, 0.15) is 18.8 Å². The predicted octanol–water partition coefficient (Wildman–Crippen LogP) is 4.45. The summed E-state index contributed by atoms with van der Waals surface area (Å²) in [4.78, 5) is 39.6. The van der Waals surface area contributed by atoms with E-state index >= 15 is 0 Å². The molecular weight excluding hydrogens is 568 g/mol. The van der Waals surface area contributed by atoms with Crippen LogP contribution in [0.1, 0.15) is 22.3 Å². The van der Waals surface area contributed by atoms with Crippen LogP contribution in [0.25, 0.3) is 22.0 Å². The molecule has 1 fully saturated rings. The van der Waals surface area contributed by atoms with E-state index in [1.54, 1.807) is 30.5 Å². The van der Waals surface area contributed by atoms with Crippen molar-refractivity contribution in [3.05, 3.63) is 77.2 Å². The van der Waals surface area contributed by atoms with Crippen LogP contribution in [0, 0.1) is 0 Å². The first-order valence-corrected chi connectivity index (χ1v) is 12.6. The van der Waals surface area contributed by atoms with Crippen molar-refractivity contribution in [1.29, 1.82) is 0 Å². The Labute approximate surface area is 234 Å². The molecule has 3 amide bonds. The Kier molecular flexibility index (Phi) is 7.39. The summed E-state index contributed by atoms with van der Waals surface area (Å²) in [5.41, 5.74) is 5.79. The average molecular weight is 589 g/mol. The van der Waals surface area contributed by atoms with E-state index in [1.165, 1.54) is 23.0 Å². The Morgan fingerprint density at radius 3 is 2.56 bits per heavy atom. The fraction of sp³-hybridized carbons (Fsp3) is 0.222. The zero-order chi connectivity index (χ0) is 29.5. The first kappa shape index (κ1) is 28.0. The predicted molar refractivity (Wildman–Crippen MR) is 142 cm³/mol. The topological polar surface area (TPSA) is 123 Å². The van der Waals surface area contributed by atoms with Gasteiger partial charge in [-0.3, -0.25) is 14.4 Å². The van der Waals surface area contributed by atoms with E-state index in [4.69, 9.17) is 17.3 Å². The van der Waals surface area contributed by atoms with E-state index in [1.807, 2.05) is 0 Å². The van der Waals surface area contributed by atoms with Gasteiger partial charge in [0.15, 0.2) is 0 Å². The number of nitrogens with two attached hydrogens (primary N) is 1. The van der Waals surface area contributed by atoms with Crippen molar-refractivity contribution in [3.8, 4) is 11.1 Å². The van der Waals surface area contributed by atoms with Gasteiger partial charge in [-0.15, -0.1) is 0 Å². The number of halogens is 5. The first-order valence-electron chi connectivity index (χ1n) is 12.2. The highest BCUT2D eigenvalue weighted by molar-refractivity contribution is 6.32. The molecule has 2 aromatic carbocycles. The van der Waals surface area contributed by atoms with Crippen LogP contribution in [0.5, 0.6) is 0 Å². The number of carbonyl (C=O) groups excluding carboxylic acids is 3. The lowest BCUT2D eigenvalue weighted by atomic mass is 10.0. The number of likely N-dealkylation sites (tertiary alicyclic amines) is 1. The third-order valence-electron chi connectivity index (χ3n) is 6.80. The van der Waals surface area contributed by atoms with Crippen molar-refractivity contribution >= 4 is 45.9 Å². The van der Waals surface area contributed by atoms with E-state index in [0.29, 0.717) is 10.9 Å². The molecule has 0 bridgehead atoms. The second-order valence-corrected chi connectivity index (χ2v) is 9.85. The van der Waals surface area contributed by atoms with Gasteiger partial charge in [0.25, 0.3) is 5.91 Å². The van der Waals surface area contributed by atoms with Gasteiger partial charge in [-0.05, 0) is 35.9 Å². The Balaban J connectivity index is 1.41. The molecule has 1 saturated heterocycles. The van der Waals surface area contributed by atoms with Gasteiger partial charge in [-0.2, -0.15) is 23.4 Å². The minimum absolute atomic E-state index is 0.136. The van der Waals surface area contributed by atoms with Crippen LogP contribution in [0.2, 0.25) is 5.02 Å². The Morgan fingerprint density at radius 2 is 1.88 bits per heavy atom. The number of hydrogen-bond donors (Lipinski definition) is 2. The maximum absolute atomic E-state index is 14.5. The summed E-state index contributed by atoms with van der Waals surface area (Å²) in [6.07, 6.45) is -2.40. The number of anilines is 1. The molecule has 1 aliphatic heterocycles. The SMILES string of the molecule is NC(=O)c1cn(CC(=O)N2C[C@H](F)C[C@H]2C(=O)Nc2cccc(Cl)c2C(F)(F)F)c2ccc(-c3ccnnc3)cc12. The molecule has 41 heavy (non-hydrogen) atoms. The van der Waals surface area contributed by atoms with Crippen molar-refractivity contribution in [2.24, 2.45) is 5.73 Å². The van der Waals surface area contributed by atoms with Gasteiger partial charge in [0, 0.05) is 29.1 Å². The van der Waals surface area contributed by atoms with Crippen LogP contribution in [0.15, 0.2) is 61.1 Å². The molecule has 5 rings (SSSR count). The molecule has 4 aromatic rings. The molecule has 3 N–H and O–H groups in total. The number of rotatable bonds is 6. The van der Waals surface area contributed by atoms with Crippen LogP contribution < -0.4 is 11.1 Å². The number of aromatic nitrogens is 3. The third-order valence-corrected chi connectivity index (χ3v) is 7.11. The highest BCUT2D eigenvalue weighted by Crippen LogP contribution is 2.40. The summed E-state index contributed by atoms with van der Waals surface area (Å²) >= 11 is 5.73. The van der Waals surface area contributed by atoms with Crippen molar-refractivity contribution in [2.75, 3.05) is 11.9 Å². The molecule has 0 radical (unpaired) electrons.